The molecule has 0 spiro atoms. The zero-order valence-corrected chi connectivity index (χ0v) is 10.8. The van der Waals surface area contributed by atoms with E-state index in [0.29, 0.717) is 0 Å². The molecule has 1 aliphatic rings. The van der Waals surface area contributed by atoms with Gasteiger partial charge in [-0.15, -0.1) is 0 Å². The molecule has 2 aromatic rings. The van der Waals surface area contributed by atoms with Crippen LogP contribution in [0.3, 0.4) is 0 Å². The van der Waals surface area contributed by atoms with Crippen LogP contribution in [-0.2, 0) is 9.47 Å². The number of hydrogen-bond donors (Lipinski definition) is 0. The Morgan fingerprint density at radius 2 is 1.47 bits per heavy atom. The Bertz CT molecular complexity index is 560. The Hall–Kier alpha value is -2.06. The van der Waals surface area contributed by atoms with E-state index in [1.807, 2.05) is 61.5 Å². The van der Waals surface area contributed by atoms with Crippen LogP contribution in [0.2, 0.25) is 0 Å². The molecular weight excluding hydrogens is 236 g/mol. The highest BCUT2D eigenvalue weighted by molar-refractivity contribution is 5.61. The van der Waals surface area contributed by atoms with Gasteiger partial charge in [-0.1, -0.05) is 60.7 Å². The molecule has 1 heterocycles. The third-order valence-electron chi connectivity index (χ3n) is 3.12. The van der Waals surface area contributed by atoms with E-state index in [-0.39, 0.29) is 12.4 Å². The number of ether oxygens (including phenoxy) is 2. The van der Waals surface area contributed by atoms with Crippen molar-refractivity contribution in [2.45, 2.75) is 19.3 Å². The molecule has 0 bridgehead atoms. The largest absolute Gasteiger partial charge is 0.465 e. The minimum absolute atomic E-state index is 0.0554. The third kappa shape index (κ3) is 2.69. The SMILES string of the molecule is CC1OC(c2ccccc2)=CC(c2ccccc2)O1. The standard InChI is InChI=1S/C17H16O2/c1-13-18-16(14-8-4-2-5-9-14)12-17(19-13)15-10-6-3-7-11-15/h2-13,16H,1H3. The Labute approximate surface area is 113 Å². The fourth-order valence-corrected chi connectivity index (χ4v) is 2.21. The zero-order chi connectivity index (χ0) is 13.1. The summed E-state index contributed by atoms with van der Waals surface area (Å²) in [5, 5.41) is 0. The molecule has 0 radical (unpaired) electrons. The summed E-state index contributed by atoms with van der Waals surface area (Å²) in [6.07, 6.45) is 1.73. The summed E-state index contributed by atoms with van der Waals surface area (Å²) in [6, 6.07) is 20.3. The quantitative estimate of drug-likeness (QED) is 0.799. The maximum Gasteiger partial charge on any atom is 0.198 e. The van der Waals surface area contributed by atoms with E-state index in [1.165, 1.54) is 0 Å². The van der Waals surface area contributed by atoms with Crippen molar-refractivity contribution in [3.63, 3.8) is 0 Å². The van der Waals surface area contributed by atoms with Gasteiger partial charge in [0.1, 0.15) is 11.9 Å². The molecule has 0 aromatic heterocycles. The molecule has 2 aromatic carbocycles. The number of benzene rings is 2. The van der Waals surface area contributed by atoms with Crippen LogP contribution in [0.25, 0.3) is 5.76 Å². The van der Waals surface area contributed by atoms with Crippen LogP contribution in [0.4, 0.5) is 0 Å². The van der Waals surface area contributed by atoms with Crippen LogP contribution in [0.15, 0.2) is 66.7 Å². The van der Waals surface area contributed by atoms with Crippen molar-refractivity contribution < 1.29 is 9.47 Å². The van der Waals surface area contributed by atoms with E-state index in [9.17, 15) is 0 Å². The Kier molecular flexibility index (Phi) is 3.34. The summed E-state index contributed by atoms with van der Waals surface area (Å²) < 4.78 is 11.6. The first-order valence-electron chi connectivity index (χ1n) is 6.47. The van der Waals surface area contributed by atoms with Gasteiger partial charge in [0.25, 0.3) is 0 Å². The second-order valence-corrected chi connectivity index (χ2v) is 4.55. The Morgan fingerprint density at radius 1 is 0.842 bits per heavy atom. The lowest BCUT2D eigenvalue weighted by Gasteiger charge is -2.28. The predicted molar refractivity (Wildman–Crippen MR) is 75.2 cm³/mol. The number of rotatable bonds is 2. The van der Waals surface area contributed by atoms with Gasteiger partial charge >= 0.3 is 0 Å². The Balaban J connectivity index is 1.95. The van der Waals surface area contributed by atoms with Crippen molar-refractivity contribution in [3.8, 4) is 0 Å². The highest BCUT2D eigenvalue weighted by Crippen LogP contribution is 2.32. The van der Waals surface area contributed by atoms with Gasteiger partial charge in [-0.25, -0.2) is 0 Å². The first-order chi connectivity index (χ1) is 9.33. The lowest BCUT2D eigenvalue weighted by Crippen LogP contribution is -2.20. The van der Waals surface area contributed by atoms with E-state index in [2.05, 4.69) is 12.1 Å². The molecule has 0 N–H and O–H groups in total. The highest BCUT2D eigenvalue weighted by Gasteiger charge is 2.22. The molecule has 2 atom stereocenters. The summed E-state index contributed by atoms with van der Waals surface area (Å²) in [7, 11) is 0. The molecule has 2 unspecified atom stereocenters. The molecule has 0 fully saturated rings. The van der Waals surface area contributed by atoms with Gasteiger partial charge in [0.15, 0.2) is 6.29 Å². The first-order valence-corrected chi connectivity index (χ1v) is 6.47. The van der Waals surface area contributed by atoms with E-state index < -0.39 is 0 Å². The lowest BCUT2D eigenvalue weighted by molar-refractivity contribution is -0.122. The van der Waals surface area contributed by atoms with E-state index in [0.717, 1.165) is 16.9 Å². The second kappa shape index (κ2) is 5.29. The maximum atomic E-state index is 5.83. The minimum atomic E-state index is -0.245. The molecule has 2 nitrogen and oxygen atoms in total. The average Bonchev–Trinajstić information content (AvgIpc) is 2.48. The van der Waals surface area contributed by atoms with Crippen molar-refractivity contribution in [1.29, 1.82) is 0 Å². The predicted octanol–water partition coefficient (Wildman–Crippen LogP) is 4.16. The molecule has 19 heavy (non-hydrogen) atoms. The van der Waals surface area contributed by atoms with Crippen LogP contribution in [-0.4, -0.2) is 6.29 Å². The molecule has 0 saturated heterocycles. The lowest BCUT2D eigenvalue weighted by atomic mass is 10.1. The fourth-order valence-electron chi connectivity index (χ4n) is 2.21. The summed E-state index contributed by atoms with van der Waals surface area (Å²) in [4.78, 5) is 0. The molecule has 0 saturated carbocycles. The highest BCUT2D eigenvalue weighted by atomic mass is 16.7. The topological polar surface area (TPSA) is 18.5 Å². The summed E-state index contributed by atoms with van der Waals surface area (Å²) >= 11 is 0. The van der Waals surface area contributed by atoms with E-state index in [1.54, 1.807) is 0 Å². The van der Waals surface area contributed by atoms with E-state index in [4.69, 9.17) is 9.47 Å². The van der Waals surface area contributed by atoms with Crippen LogP contribution in [0, 0.1) is 0 Å². The molecule has 2 heteroatoms. The first kappa shape index (κ1) is 12.0. The van der Waals surface area contributed by atoms with Crippen LogP contribution in [0.1, 0.15) is 24.2 Å². The van der Waals surface area contributed by atoms with Crippen molar-refractivity contribution >= 4 is 5.76 Å². The molecule has 0 amide bonds. The molecule has 96 valence electrons. The summed E-state index contributed by atoms with van der Waals surface area (Å²) in [5.74, 6) is 0.883. The Morgan fingerprint density at radius 3 is 2.16 bits per heavy atom. The van der Waals surface area contributed by atoms with Crippen LogP contribution in [0.5, 0.6) is 0 Å². The fraction of sp³-hybridized carbons (Fsp3) is 0.176. The smallest absolute Gasteiger partial charge is 0.198 e. The zero-order valence-electron chi connectivity index (χ0n) is 10.8. The van der Waals surface area contributed by atoms with Crippen molar-refractivity contribution in [2.24, 2.45) is 0 Å². The van der Waals surface area contributed by atoms with Crippen LogP contribution < -0.4 is 0 Å². The summed E-state index contributed by atoms with van der Waals surface area (Å²) in [5.41, 5.74) is 2.23. The third-order valence-corrected chi connectivity index (χ3v) is 3.12. The van der Waals surface area contributed by atoms with Gasteiger partial charge in [-0.3, -0.25) is 0 Å². The number of hydrogen-bond acceptors (Lipinski definition) is 2. The van der Waals surface area contributed by atoms with Crippen molar-refractivity contribution in [2.75, 3.05) is 0 Å². The van der Waals surface area contributed by atoms with E-state index >= 15 is 0 Å². The van der Waals surface area contributed by atoms with Gasteiger partial charge in [0.2, 0.25) is 0 Å². The molecule has 1 aliphatic heterocycles. The summed E-state index contributed by atoms with van der Waals surface area (Å²) in [6.45, 7) is 1.92. The normalized spacial score (nSPS) is 22.5. The molecule has 0 aliphatic carbocycles. The van der Waals surface area contributed by atoms with Gasteiger partial charge in [-0.05, 0) is 18.6 Å². The van der Waals surface area contributed by atoms with Crippen LogP contribution >= 0.6 is 0 Å². The average molecular weight is 252 g/mol. The van der Waals surface area contributed by atoms with Gasteiger partial charge < -0.3 is 9.47 Å². The second-order valence-electron chi connectivity index (χ2n) is 4.55. The molecule has 3 rings (SSSR count). The molecular formula is C17H16O2. The van der Waals surface area contributed by atoms with Crippen molar-refractivity contribution in [1.82, 2.24) is 0 Å². The monoisotopic (exact) mass is 252 g/mol. The van der Waals surface area contributed by atoms with Gasteiger partial charge in [0.05, 0.1) is 0 Å². The van der Waals surface area contributed by atoms with Crippen molar-refractivity contribution in [3.05, 3.63) is 77.9 Å². The minimum Gasteiger partial charge on any atom is -0.465 e. The van der Waals surface area contributed by atoms with Gasteiger partial charge in [0, 0.05) is 5.56 Å². The maximum absolute atomic E-state index is 5.83. The van der Waals surface area contributed by atoms with Gasteiger partial charge in [-0.2, -0.15) is 0 Å².